The van der Waals surface area contributed by atoms with Crippen molar-refractivity contribution >= 4 is 11.6 Å². The molecule has 31 heavy (non-hydrogen) atoms. The van der Waals surface area contributed by atoms with E-state index in [1.165, 1.54) is 4.57 Å². The summed E-state index contributed by atoms with van der Waals surface area (Å²) in [6.45, 7) is 7.56. The fourth-order valence-corrected chi connectivity index (χ4v) is 3.13. The van der Waals surface area contributed by atoms with Gasteiger partial charge in [0.1, 0.15) is 5.75 Å². The number of anilines is 2. The maximum atomic E-state index is 13.1. The molecule has 3 rings (SSSR count). The van der Waals surface area contributed by atoms with E-state index >= 15 is 0 Å². The van der Waals surface area contributed by atoms with Crippen LogP contribution in [0.3, 0.4) is 0 Å². The number of hydrogen-bond donors (Lipinski definition) is 1. The molecule has 0 aliphatic rings. The lowest BCUT2D eigenvalue weighted by atomic mass is 10.1. The number of hydrogen-bond acceptors (Lipinski definition) is 6. The van der Waals surface area contributed by atoms with Crippen LogP contribution >= 0.6 is 0 Å². The molecule has 8 heteroatoms. The monoisotopic (exact) mass is 419 g/mol. The third kappa shape index (κ3) is 5.20. The Bertz CT molecular complexity index is 1220. The zero-order valence-corrected chi connectivity index (χ0v) is 18.0. The fraction of sp³-hybridized carbons (Fsp3) is 0.304. The zero-order chi connectivity index (χ0) is 22.5. The lowest BCUT2D eigenvalue weighted by Crippen LogP contribution is -2.43. The third-order valence-corrected chi connectivity index (χ3v) is 4.50. The Hall–Kier alpha value is -3.86. The van der Waals surface area contributed by atoms with Crippen LogP contribution < -0.4 is 21.4 Å². The molecule has 1 aromatic heterocycles. The van der Waals surface area contributed by atoms with Crippen LogP contribution in [0.2, 0.25) is 0 Å². The Labute approximate surface area is 180 Å². The summed E-state index contributed by atoms with van der Waals surface area (Å²) in [5.74, 6) is 0.848. The first-order valence-corrected chi connectivity index (χ1v) is 10.0. The summed E-state index contributed by atoms with van der Waals surface area (Å²) in [6.07, 6.45) is 0.0541. The highest BCUT2D eigenvalue weighted by atomic mass is 16.5. The Balaban J connectivity index is 2.03. The summed E-state index contributed by atoms with van der Waals surface area (Å²) in [5, 5.41) is 12.2. The minimum Gasteiger partial charge on any atom is -0.491 e. The van der Waals surface area contributed by atoms with Crippen molar-refractivity contribution in [3.63, 3.8) is 0 Å². The smallest absolute Gasteiger partial charge is 0.355 e. The molecule has 2 aromatic carbocycles. The van der Waals surface area contributed by atoms with Gasteiger partial charge in [-0.05, 0) is 69.7 Å². The first-order valence-electron chi connectivity index (χ1n) is 10.0. The summed E-state index contributed by atoms with van der Waals surface area (Å²) in [4.78, 5) is 29.8. The SMILES string of the molecule is CC(C)Oc1ccc(Nc2nc(=O)n(C(C)C)c(=O)n2Cc2cccc(C#N)c2)cc1. The van der Waals surface area contributed by atoms with Crippen LogP contribution in [0.5, 0.6) is 5.75 Å². The van der Waals surface area contributed by atoms with E-state index in [2.05, 4.69) is 16.4 Å². The van der Waals surface area contributed by atoms with Crippen molar-refractivity contribution in [2.45, 2.75) is 46.4 Å². The van der Waals surface area contributed by atoms with E-state index in [4.69, 9.17) is 10.00 Å². The second-order valence-corrected chi connectivity index (χ2v) is 7.68. The number of ether oxygens (including phenoxy) is 1. The van der Waals surface area contributed by atoms with E-state index in [0.29, 0.717) is 11.3 Å². The average molecular weight is 419 g/mol. The molecule has 0 aliphatic heterocycles. The lowest BCUT2D eigenvalue weighted by Gasteiger charge is -2.17. The molecule has 0 spiro atoms. The largest absolute Gasteiger partial charge is 0.491 e. The molecule has 0 atom stereocenters. The van der Waals surface area contributed by atoms with Gasteiger partial charge in [0, 0.05) is 11.7 Å². The maximum Gasteiger partial charge on any atom is 0.355 e. The first kappa shape index (κ1) is 21.8. The Morgan fingerprint density at radius 1 is 1.10 bits per heavy atom. The molecule has 0 amide bonds. The minimum atomic E-state index is -0.621. The molecule has 0 bridgehead atoms. The molecule has 0 unspecified atom stereocenters. The maximum absolute atomic E-state index is 13.1. The van der Waals surface area contributed by atoms with Crippen LogP contribution in [0.15, 0.2) is 58.1 Å². The van der Waals surface area contributed by atoms with Crippen LogP contribution in [-0.2, 0) is 6.54 Å². The summed E-state index contributed by atoms with van der Waals surface area (Å²) >= 11 is 0. The molecule has 1 heterocycles. The quantitative estimate of drug-likeness (QED) is 0.629. The molecular weight excluding hydrogens is 394 g/mol. The van der Waals surface area contributed by atoms with E-state index in [1.807, 2.05) is 19.9 Å². The minimum absolute atomic E-state index is 0.0541. The molecule has 1 N–H and O–H groups in total. The molecule has 160 valence electrons. The topological polar surface area (TPSA) is 102 Å². The molecule has 0 aliphatic carbocycles. The van der Waals surface area contributed by atoms with Crippen molar-refractivity contribution in [3.8, 4) is 11.8 Å². The molecule has 0 saturated carbocycles. The molecule has 0 fully saturated rings. The van der Waals surface area contributed by atoms with Crippen molar-refractivity contribution < 1.29 is 4.74 Å². The number of nitrogens with one attached hydrogen (secondary N) is 1. The standard InChI is InChI=1S/C23H25N5O3/c1-15(2)28-22(29)26-21(25-19-8-10-20(11-9-19)31-16(3)4)27(23(28)30)14-18-7-5-6-17(12-18)13-24/h5-12,15-16H,14H2,1-4H3,(H,25,26,29). The molecule has 0 radical (unpaired) electrons. The second kappa shape index (κ2) is 9.30. The van der Waals surface area contributed by atoms with Gasteiger partial charge in [0.2, 0.25) is 5.95 Å². The molecular formula is C23H25N5O3. The number of benzene rings is 2. The predicted molar refractivity (Wildman–Crippen MR) is 119 cm³/mol. The number of rotatable bonds is 7. The van der Waals surface area contributed by atoms with E-state index < -0.39 is 11.4 Å². The van der Waals surface area contributed by atoms with Gasteiger partial charge in [0.05, 0.1) is 24.3 Å². The van der Waals surface area contributed by atoms with Crippen LogP contribution in [0.1, 0.15) is 44.9 Å². The van der Waals surface area contributed by atoms with E-state index in [0.717, 1.165) is 15.9 Å². The predicted octanol–water partition coefficient (Wildman–Crippen LogP) is 3.44. The van der Waals surface area contributed by atoms with E-state index in [1.54, 1.807) is 56.3 Å². The number of aromatic nitrogens is 3. The third-order valence-electron chi connectivity index (χ3n) is 4.50. The van der Waals surface area contributed by atoms with Crippen molar-refractivity contribution in [3.05, 3.63) is 80.6 Å². The van der Waals surface area contributed by atoms with Crippen molar-refractivity contribution in [1.29, 1.82) is 5.26 Å². The van der Waals surface area contributed by atoms with E-state index in [-0.39, 0.29) is 24.6 Å². The highest BCUT2D eigenvalue weighted by Gasteiger charge is 2.16. The van der Waals surface area contributed by atoms with Crippen LogP contribution in [0.25, 0.3) is 0 Å². The first-order chi connectivity index (χ1) is 14.8. The Kier molecular flexibility index (Phi) is 6.55. The van der Waals surface area contributed by atoms with E-state index in [9.17, 15) is 9.59 Å². The van der Waals surface area contributed by atoms with Gasteiger partial charge < -0.3 is 10.1 Å². The normalized spacial score (nSPS) is 10.9. The summed E-state index contributed by atoms with van der Waals surface area (Å²) < 4.78 is 8.16. The van der Waals surface area contributed by atoms with Crippen molar-refractivity contribution in [2.75, 3.05) is 5.32 Å². The Morgan fingerprint density at radius 3 is 2.42 bits per heavy atom. The van der Waals surface area contributed by atoms with Gasteiger partial charge in [-0.1, -0.05) is 12.1 Å². The van der Waals surface area contributed by atoms with Gasteiger partial charge in [-0.2, -0.15) is 10.2 Å². The summed E-state index contributed by atoms with van der Waals surface area (Å²) in [6, 6.07) is 15.9. The highest BCUT2D eigenvalue weighted by molar-refractivity contribution is 5.54. The van der Waals surface area contributed by atoms with Crippen LogP contribution in [-0.4, -0.2) is 20.2 Å². The van der Waals surface area contributed by atoms with Gasteiger partial charge in [0.25, 0.3) is 0 Å². The lowest BCUT2D eigenvalue weighted by molar-refractivity contribution is 0.242. The second-order valence-electron chi connectivity index (χ2n) is 7.68. The average Bonchev–Trinajstić information content (AvgIpc) is 2.71. The zero-order valence-electron chi connectivity index (χ0n) is 18.0. The fourth-order valence-electron chi connectivity index (χ4n) is 3.13. The molecule has 0 saturated heterocycles. The number of nitrogens with zero attached hydrogens (tertiary/aromatic N) is 4. The number of nitriles is 1. The van der Waals surface area contributed by atoms with Crippen molar-refractivity contribution in [2.24, 2.45) is 0 Å². The summed E-state index contributed by atoms with van der Waals surface area (Å²) in [7, 11) is 0. The highest BCUT2D eigenvalue weighted by Crippen LogP contribution is 2.20. The molecule has 8 nitrogen and oxygen atoms in total. The van der Waals surface area contributed by atoms with Gasteiger partial charge in [-0.3, -0.25) is 4.57 Å². The van der Waals surface area contributed by atoms with Gasteiger partial charge in [-0.25, -0.2) is 14.2 Å². The van der Waals surface area contributed by atoms with Crippen LogP contribution in [0.4, 0.5) is 11.6 Å². The van der Waals surface area contributed by atoms with Crippen LogP contribution in [0, 0.1) is 11.3 Å². The molecule has 3 aromatic rings. The van der Waals surface area contributed by atoms with Gasteiger partial charge in [-0.15, -0.1) is 0 Å². The van der Waals surface area contributed by atoms with Gasteiger partial charge in [0.15, 0.2) is 0 Å². The van der Waals surface area contributed by atoms with Gasteiger partial charge >= 0.3 is 11.4 Å². The van der Waals surface area contributed by atoms with Crippen molar-refractivity contribution in [1.82, 2.24) is 14.1 Å². The summed E-state index contributed by atoms with van der Waals surface area (Å²) in [5.41, 5.74) is 0.805. The Morgan fingerprint density at radius 2 is 1.81 bits per heavy atom.